The highest BCUT2D eigenvalue weighted by atomic mass is 28.3. The minimum atomic E-state index is -1.52. The molecule has 0 aliphatic heterocycles. The van der Waals surface area contributed by atoms with Crippen LogP contribution >= 0.6 is 0 Å². The smallest absolute Gasteiger partial charge is 0.288 e. The Morgan fingerprint density at radius 1 is 1.50 bits per heavy atom. The molecule has 0 aliphatic carbocycles. The summed E-state index contributed by atoms with van der Waals surface area (Å²) in [6, 6.07) is 1.36. The van der Waals surface area contributed by atoms with Gasteiger partial charge in [-0.3, -0.25) is 10.1 Å². The molecule has 6 heteroatoms. The van der Waals surface area contributed by atoms with Gasteiger partial charge in [-0.25, -0.2) is 4.98 Å². The fraction of sp³-hybridized carbons (Fsp3) is 0.300. The zero-order chi connectivity index (χ0) is 12.3. The lowest BCUT2D eigenvalue weighted by atomic mass is 10.2. The van der Waals surface area contributed by atoms with Crippen LogP contribution in [-0.2, 0) is 0 Å². The van der Waals surface area contributed by atoms with E-state index in [1.807, 2.05) is 0 Å². The van der Waals surface area contributed by atoms with Crippen LogP contribution in [0.2, 0.25) is 19.6 Å². The van der Waals surface area contributed by atoms with Gasteiger partial charge in [-0.1, -0.05) is 25.6 Å². The second-order valence-corrected chi connectivity index (χ2v) is 9.13. The van der Waals surface area contributed by atoms with Crippen molar-refractivity contribution in [1.29, 1.82) is 0 Å². The molecule has 1 rings (SSSR count). The van der Waals surface area contributed by atoms with Gasteiger partial charge in [-0.15, -0.1) is 5.54 Å². The highest BCUT2D eigenvalue weighted by molar-refractivity contribution is 6.83. The zero-order valence-corrected chi connectivity index (χ0v) is 10.4. The van der Waals surface area contributed by atoms with E-state index in [-0.39, 0.29) is 11.5 Å². The SMILES string of the molecule is C[Si](C)(C)C#Cc1cc([N+](=O)[O-])cnc1N. The Morgan fingerprint density at radius 2 is 2.12 bits per heavy atom. The molecule has 1 aromatic rings. The number of nitrogen functional groups attached to an aromatic ring is 1. The van der Waals surface area contributed by atoms with E-state index in [0.717, 1.165) is 6.20 Å². The van der Waals surface area contributed by atoms with Crippen molar-refractivity contribution in [3.8, 4) is 11.5 Å². The van der Waals surface area contributed by atoms with Crippen LogP contribution < -0.4 is 5.73 Å². The molecule has 0 atom stereocenters. The molecule has 84 valence electrons. The van der Waals surface area contributed by atoms with Crippen molar-refractivity contribution in [2.45, 2.75) is 19.6 Å². The summed E-state index contributed by atoms with van der Waals surface area (Å²) in [5.41, 5.74) is 9.03. The molecule has 16 heavy (non-hydrogen) atoms. The van der Waals surface area contributed by atoms with Crippen LogP contribution in [-0.4, -0.2) is 18.0 Å². The first kappa shape index (κ1) is 12.2. The summed E-state index contributed by atoms with van der Waals surface area (Å²) in [6.45, 7) is 6.25. The first-order valence-corrected chi connectivity index (χ1v) is 8.23. The molecule has 0 unspecified atom stereocenters. The van der Waals surface area contributed by atoms with Crippen molar-refractivity contribution in [2.75, 3.05) is 5.73 Å². The third-order valence-electron chi connectivity index (χ3n) is 1.69. The Bertz CT molecular complexity index is 483. The summed E-state index contributed by atoms with van der Waals surface area (Å²) in [6.07, 6.45) is 1.13. The van der Waals surface area contributed by atoms with E-state index in [0.29, 0.717) is 5.56 Å². The van der Waals surface area contributed by atoms with Crippen LogP contribution in [0.4, 0.5) is 11.5 Å². The van der Waals surface area contributed by atoms with E-state index in [2.05, 4.69) is 36.1 Å². The number of rotatable bonds is 1. The Balaban J connectivity index is 3.17. The molecule has 2 N–H and O–H groups in total. The number of hydrogen-bond acceptors (Lipinski definition) is 4. The monoisotopic (exact) mass is 235 g/mol. The Kier molecular flexibility index (Phi) is 3.30. The molecular formula is C10H13N3O2Si. The van der Waals surface area contributed by atoms with Gasteiger partial charge >= 0.3 is 0 Å². The van der Waals surface area contributed by atoms with Gasteiger partial charge in [0, 0.05) is 6.07 Å². The topological polar surface area (TPSA) is 82.0 Å². The number of anilines is 1. The quantitative estimate of drug-likeness (QED) is 0.348. The summed E-state index contributed by atoms with van der Waals surface area (Å²) in [5.74, 6) is 3.10. The molecule has 5 nitrogen and oxygen atoms in total. The maximum Gasteiger partial charge on any atom is 0.288 e. The molecule has 0 fully saturated rings. The number of pyridine rings is 1. The second-order valence-electron chi connectivity index (χ2n) is 4.38. The molecule has 0 aromatic carbocycles. The number of nitrogens with zero attached hydrogens (tertiary/aromatic N) is 2. The predicted octanol–water partition coefficient (Wildman–Crippen LogP) is 1.80. The standard InChI is InChI=1S/C10H13N3O2Si/c1-16(2,3)5-4-8-6-9(13(14)15)7-12-10(8)11/h6-7H,1-3H3,(H2,11,12). The van der Waals surface area contributed by atoms with Crippen LogP contribution in [0.3, 0.4) is 0 Å². The lowest BCUT2D eigenvalue weighted by Crippen LogP contribution is -2.16. The van der Waals surface area contributed by atoms with Gasteiger partial charge in [0.15, 0.2) is 0 Å². The van der Waals surface area contributed by atoms with E-state index in [9.17, 15) is 10.1 Å². The van der Waals surface area contributed by atoms with Gasteiger partial charge in [0.1, 0.15) is 20.1 Å². The Morgan fingerprint density at radius 3 is 2.62 bits per heavy atom. The largest absolute Gasteiger partial charge is 0.383 e. The lowest BCUT2D eigenvalue weighted by molar-refractivity contribution is -0.385. The molecule has 0 bridgehead atoms. The highest BCUT2D eigenvalue weighted by Crippen LogP contribution is 2.15. The molecule has 0 amide bonds. The molecule has 1 aromatic heterocycles. The maximum atomic E-state index is 10.6. The van der Waals surface area contributed by atoms with E-state index >= 15 is 0 Å². The number of nitrogens with two attached hydrogens (primary N) is 1. The summed E-state index contributed by atoms with van der Waals surface area (Å²) in [4.78, 5) is 13.8. The molecule has 0 aliphatic rings. The zero-order valence-electron chi connectivity index (χ0n) is 9.44. The maximum absolute atomic E-state index is 10.6. The summed E-state index contributed by atoms with van der Waals surface area (Å²) >= 11 is 0. The van der Waals surface area contributed by atoms with Crippen molar-refractivity contribution in [2.24, 2.45) is 0 Å². The second kappa shape index (κ2) is 4.33. The van der Waals surface area contributed by atoms with Crippen molar-refractivity contribution in [1.82, 2.24) is 4.98 Å². The Labute approximate surface area is 94.8 Å². The normalized spacial score (nSPS) is 10.4. The van der Waals surface area contributed by atoms with E-state index in [1.54, 1.807) is 0 Å². The molecule has 1 heterocycles. The van der Waals surface area contributed by atoms with E-state index in [1.165, 1.54) is 6.07 Å². The summed E-state index contributed by atoms with van der Waals surface area (Å²) in [7, 11) is -1.52. The summed E-state index contributed by atoms with van der Waals surface area (Å²) < 4.78 is 0. The summed E-state index contributed by atoms with van der Waals surface area (Å²) in [5, 5.41) is 10.6. The van der Waals surface area contributed by atoms with Gasteiger partial charge in [0.05, 0.1) is 10.5 Å². The first-order valence-electron chi connectivity index (χ1n) is 4.73. The van der Waals surface area contributed by atoms with Gasteiger partial charge in [-0.2, -0.15) is 0 Å². The third-order valence-corrected chi connectivity index (χ3v) is 2.56. The van der Waals surface area contributed by atoms with Crippen molar-refractivity contribution < 1.29 is 4.92 Å². The van der Waals surface area contributed by atoms with Gasteiger partial charge in [0.2, 0.25) is 0 Å². The van der Waals surface area contributed by atoms with Gasteiger partial charge in [-0.05, 0) is 0 Å². The Hall–Kier alpha value is -1.87. The fourth-order valence-electron chi connectivity index (χ4n) is 0.919. The van der Waals surface area contributed by atoms with Crippen LogP contribution in [0, 0.1) is 21.6 Å². The number of aromatic nitrogens is 1. The molecule has 0 radical (unpaired) electrons. The lowest BCUT2D eigenvalue weighted by Gasteiger charge is -2.03. The van der Waals surface area contributed by atoms with Gasteiger partial charge in [0.25, 0.3) is 5.69 Å². The molecule has 0 saturated heterocycles. The predicted molar refractivity (Wildman–Crippen MR) is 65.5 cm³/mol. The van der Waals surface area contributed by atoms with Crippen molar-refractivity contribution >= 4 is 19.6 Å². The average Bonchev–Trinajstić information content (AvgIpc) is 2.14. The molecule has 0 saturated carbocycles. The molecular weight excluding hydrogens is 222 g/mol. The van der Waals surface area contributed by atoms with Crippen LogP contribution in [0.25, 0.3) is 0 Å². The van der Waals surface area contributed by atoms with Gasteiger partial charge < -0.3 is 5.73 Å². The minimum Gasteiger partial charge on any atom is -0.383 e. The van der Waals surface area contributed by atoms with Crippen molar-refractivity contribution in [3.05, 3.63) is 27.9 Å². The van der Waals surface area contributed by atoms with Crippen LogP contribution in [0.15, 0.2) is 12.3 Å². The van der Waals surface area contributed by atoms with Crippen LogP contribution in [0.5, 0.6) is 0 Å². The number of nitro groups is 1. The highest BCUT2D eigenvalue weighted by Gasteiger charge is 2.11. The van der Waals surface area contributed by atoms with Crippen LogP contribution in [0.1, 0.15) is 5.56 Å². The third kappa shape index (κ3) is 3.36. The number of hydrogen-bond donors (Lipinski definition) is 1. The first-order chi connectivity index (χ1) is 7.29. The average molecular weight is 235 g/mol. The minimum absolute atomic E-state index is 0.0888. The van der Waals surface area contributed by atoms with Crippen molar-refractivity contribution in [3.63, 3.8) is 0 Å². The molecule has 0 spiro atoms. The fourth-order valence-corrected chi connectivity index (χ4v) is 1.43. The van der Waals surface area contributed by atoms with E-state index < -0.39 is 13.0 Å². The van der Waals surface area contributed by atoms with E-state index in [4.69, 9.17) is 5.73 Å².